The molecule has 0 spiro atoms. The molecular weight excluding hydrogens is 254 g/mol. The van der Waals surface area contributed by atoms with Crippen LogP contribution in [0, 0.1) is 11.8 Å². The van der Waals surface area contributed by atoms with Crippen LogP contribution in [0.25, 0.3) is 0 Å². The van der Waals surface area contributed by atoms with Crippen molar-refractivity contribution in [3.8, 4) is 0 Å². The van der Waals surface area contributed by atoms with Crippen LogP contribution in [0.5, 0.6) is 0 Å². The van der Waals surface area contributed by atoms with Crippen molar-refractivity contribution in [3.63, 3.8) is 0 Å². The topological polar surface area (TPSA) is 63.1 Å². The minimum absolute atomic E-state index is 0.0240. The van der Waals surface area contributed by atoms with E-state index in [1.807, 2.05) is 0 Å². The third kappa shape index (κ3) is 4.03. The quantitative estimate of drug-likeness (QED) is 0.823. The summed E-state index contributed by atoms with van der Waals surface area (Å²) >= 11 is 0. The van der Waals surface area contributed by atoms with E-state index < -0.39 is 0 Å². The summed E-state index contributed by atoms with van der Waals surface area (Å²) in [4.78, 5) is 14.3. The largest absolute Gasteiger partial charge is 0.354 e. The summed E-state index contributed by atoms with van der Waals surface area (Å²) < 4.78 is 1.55. The number of aromatic nitrogens is 3. The Morgan fingerprint density at radius 1 is 1.20 bits per heavy atom. The van der Waals surface area contributed by atoms with Crippen molar-refractivity contribution in [2.45, 2.75) is 32.2 Å². The van der Waals surface area contributed by atoms with Gasteiger partial charge in [0.15, 0.2) is 0 Å². The SMILES string of the molecule is O=C(Cn1ccnn1)NCC1CCN(CC2CC2)CC1. The number of hydrogen-bond acceptors (Lipinski definition) is 4. The molecule has 1 saturated carbocycles. The third-order valence-electron chi connectivity index (χ3n) is 4.29. The second kappa shape index (κ2) is 6.35. The number of piperidine rings is 1. The molecule has 110 valence electrons. The van der Waals surface area contributed by atoms with Crippen LogP contribution < -0.4 is 5.32 Å². The van der Waals surface area contributed by atoms with Crippen molar-refractivity contribution in [2.75, 3.05) is 26.2 Å². The van der Waals surface area contributed by atoms with Crippen LogP contribution in [0.2, 0.25) is 0 Å². The predicted molar refractivity (Wildman–Crippen MR) is 74.9 cm³/mol. The van der Waals surface area contributed by atoms with E-state index in [0.29, 0.717) is 5.92 Å². The number of likely N-dealkylation sites (tertiary alicyclic amines) is 1. The maximum absolute atomic E-state index is 11.8. The lowest BCUT2D eigenvalue weighted by Crippen LogP contribution is -2.40. The number of amides is 1. The van der Waals surface area contributed by atoms with Gasteiger partial charge in [0.25, 0.3) is 0 Å². The minimum atomic E-state index is 0.0240. The van der Waals surface area contributed by atoms with Gasteiger partial charge < -0.3 is 10.2 Å². The molecular formula is C14H23N5O. The first-order valence-electron chi connectivity index (χ1n) is 7.63. The Morgan fingerprint density at radius 2 is 2.00 bits per heavy atom. The van der Waals surface area contributed by atoms with Crippen molar-refractivity contribution in [3.05, 3.63) is 12.4 Å². The average Bonchev–Trinajstić information content (AvgIpc) is 3.12. The maximum Gasteiger partial charge on any atom is 0.241 e. The summed E-state index contributed by atoms with van der Waals surface area (Å²) in [6.45, 7) is 4.75. The first kappa shape index (κ1) is 13.5. The fourth-order valence-electron chi connectivity index (χ4n) is 2.82. The van der Waals surface area contributed by atoms with E-state index in [2.05, 4.69) is 20.5 Å². The third-order valence-corrected chi connectivity index (χ3v) is 4.29. The molecule has 6 heteroatoms. The summed E-state index contributed by atoms with van der Waals surface area (Å²) in [5, 5.41) is 10.5. The molecule has 1 aliphatic heterocycles. The normalized spacial score (nSPS) is 21.0. The van der Waals surface area contributed by atoms with Crippen molar-refractivity contribution < 1.29 is 4.79 Å². The zero-order valence-corrected chi connectivity index (χ0v) is 11.9. The van der Waals surface area contributed by atoms with E-state index in [9.17, 15) is 4.79 Å². The molecule has 1 aromatic rings. The van der Waals surface area contributed by atoms with Crippen molar-refractivity contribution in [2.24, 2.45) is 11.8 Å². The highest BCUT2D eigenvalue weighted by molar-refractivity contribution is 5.75. The number of nitrogens with zero attached hydrogens (tertiary/aromatic N) is 4. The molecule has 2 heterocycles. The summed E-state index contributed by atoms with van der Waals surface area (Å²) in [6, 6.07) is 0. The average molecular weight is 277 g/mol. The molecule has 6 nitrogen and oxygen atoms in total. The molecule has 2 aliphatic rings. The number of nitrogens with one attached hydrogen (secondary N) is 1. The monoisotopic (exact) mass is 277 g/mol. The molecule has 0 unspecified atom stereocenters. The van der Waals surface area contributed by atoms with Gasteiger partial charge in [0.1, 0.15) is 6.54 Å². The van der Waals surface area contributed by atoms with Gasteiger partial charge in [-0.25, -0.2) is 4.68 Å². The van der Waals surface area contributed by atoms with Gasteiger partial charge >= 0.3 is 0 Å². The molecule has 1 aromatic heterocycles. The molecule has 1 saturated heterocycles. The van der Waals surface area contributed by atoms with Crippen LogP contribution >= 0.6 is 0 Å². The van der Waals surface area contributed by atoms with Gasteiger partial charge in [-0.3, -0.25) is 4.79 Å². The second-order valence-corrected chi connectivity index (χ2v) is 6.09. The van der Waals surface area contributed by atoms with Crippen LogP contribution in [0.15, 0.2) is 12.4 Å². The fourth-order valence-corrected chi connectivity index (χ4v) is 2.82. The summed E-state index contributed by atoms with van der Waals surface area (Å²) in [5.74, 6) is 1.63. The Bertz CT molecular complexity index is 421. The van der Waals surface area contributed by atoms with Gasteiger partial charge in [-0.1, -0.05) is 5.21 Å². The Labute approximate surface area is 119 Å². The van der Waals surface area contributed by atoms with Crippen LogP contribution in [-0.4, -0.2) is 52.0 Å². The molecule has 1 aliphatic carbocycles. The molecule has 3 rings (SSSR count). The summed E-state index contributed by atoms with van der Waals surface area (Å²) in [7, 11) is 0. The van der Waals surface area contributed by atoms with E-state index in [1.54, 1.807) is 17.1 Å². The fraction of sp³-hybridized carbons (Fsp3) is 0.786. The van der Waals surface area contributed by atoms with Crippen LogP contribution in [0.3, 0.4) is 0 Å². The lowest BCUT2D eigenvalue weighted by molar-refractivity contribution is -0.122. The number of carbonyl (C=O) groups is 1. The highest BCUT2D eigenvalue weighted by atomic mass is 16.2. The molecule has 0 radical (unpaired) electrons. The lowest BCUT2D eigenvalue weighted by atomic mass is 9.96. The first-order chi connectivity index (χ1) is 9.79. The number of carbonyl (C=O) groups excluding carboxylic acids is 1. The first-order valence-corrected chi connectivity index (χ1v) is 7.63. The minimum Gasteiger partial charge on any atom is -0.354 e. The van der Waals surface area contributed by atoms with Gasteiger partial charge in [-0.15, -0.1) is 5.10 Å². The smallest absolute Gasteiger partial charge is 0.241 e. The Morgan fingerprint density at radius 3 is 2.65 bits per heavy atom. The molecule has 0 bridgehead atoms. The standard InChI is InChI=1S/C14H23N5O/c20-14(11-19-8-5-16-17-19)15-9-12-3-6-18(7-4-12)10-13-1-2-13/h5,8,12-13H,1-4,6-7,9-11H2,(H,15,20). The second-order valence-electron chi connectivity index (χ2n) is 6.09. The van der Waals surface area contributed by atoms with Crippen molar-refractivity contribution in [1.82, 2.24) is 25.2 Å². The van der Waals surface area contributed by atoms with Gasteiger partial charge in [0.2, 0.25) is 5.91 Å². The summed E-state index contributed by atoms with van der Waals surface area (Å²) in [5.41, 5.74) is 0. The Hall–Kier alpha value is -1.43. The van der Waals surface area contributed by atoms with E-state index >= 15 is 0 Å². The lowest BCUT2D eigenvalue weighted by Gasteiger charge is -2.32. The highest BCUT2D eigenvalue weighted by Crippen LogP contribution is 2.31. The maximum atomic E-state index is 11.8. The Kier molecular flexibility index (Phi) is 4.30. The van der Waals surface area contributed by atoms with E-state index in [1.165, 1.54) is 45.3 Å². The Balaban J connectivity index is 1.31. The van der Waals surface area contributed by atoms with Gasteiger partial charge in [0, 0.05) is 19.3 Å². The number of rotatable bonds is 6. The van der Waals surface area contributed by atoms with Gasteiger partial charge in [-0.2, -0.15) is 0 Å². The van der Waals surface area contributed by atoms with Crippen LogP contribution in [-0.2, 0) is 11.3 Å². The zero-order valence-electron chi connectivity index (χ0n) is 11.9. The van der Waals surface area contributed by atoms with E-state index in [4.69, 9.17) is 0 Å². The highest BCUT2D eigenvalue weighted by Gasteiger charge is 2.27. The van der Waals surface area contributed by atoms with Crippen molar-refractivity contribution in [1.29, 1.82) is 0 Å². The van der Waals surface area contributed by atoms with Gasteiger partial charge in [-0.05, 0) is 50.6 Å². The molecule has 2 fully saturated rings. The molecule has 1 amide bonds. The molecule has 20 heavy (non-hydrogen) atoms. The number of hydrogen-bond donors (Lipinski definition) is 1. The molecule has 1 N–H and O–H groups in total. The van der Waals surface area contributed by atoms with E-state index in [-0.39, 0.29) is 12.5 Å². The van der Waals surface area contributed by atoms with Crippen LogP contribution in [0.4, 0.5) is 0 Å². The van der Waals surface area contributed by atoms with Gasteiger partial charge in [0.05, 0.1) is 6.20 Å². The van der Waals surface area contributed by atoms with Crippen LogP contribution in [0.1, 0.15) is 25.7 Å². The molecule has 0 atom stereocenters. The zero-order chi connectivity index (χ0) is 13.8. The van der Waals surface area contributed by atoms with Crippen molar-refractivity contribution >= 4 is 5.91 Å². The summed E-state index contributed by atoms with van der Waals surface area (Å²) in [6.07, 6.45) is 8.56. The predicted octanol–water partition coefficient (Wildman–Crippen LogP) is 0.516. The van der Waals surface area contributed by atoms with E-state index in [0.717, 1.165) is 12.5 Å². The molecule has 0 aromatic carbocycles.